The van der Waals surface area contributed by atoms with Crippen LogP contribution in [-0.2, 0) is 0 Å². The zero-order valence-corrected chi connectivity index (χ0v) is 12.4. The summed E-state index contributed by atoms with van der Waals surface area (Å²) in [6.07, 6.45) is 3.82. The Hall–Kier alpha value is -1.35. The minimum absolute atomic E-state index is 0.125. The lowest BCUT2D eigenvalue weighted by atomic mass is 9.61. The van der Waals surface area contributed by atoms with Crippen LogP contribution in [0.1, 0.15) is 47.2 Å². The molecule has 1 spiro atoms. The number of carbonyl (C=O) groups excluding carboxylic acids is 1. The fourth-order valence-corrected chi connectivity index (χ4v) is 3.48. The van der Waals surface area contributed by atoms with Gasteiger partial charge in [-0.2, -0.15) is 0 Å². The molecule has 1 saturated carbocycles. The monoisotopic (exact) mass is 273 g/mol. The molecule has 1 amide bonds. The third-order valence-corrected chi connectivity index (χ3v) is 5.42. The number of amides is 1. The summed E-state index contributed by atoms with van der Waals surface area (Å²) in [5.41, 5.74) is 3.30. The molecule has 1 unspecified atom stereocenters. The van der Waals surface area contributed by atoms with Crippen molar-refractivity contribution in [3.63, 3.8) is 0 Å². The quantitative estimate of drug-likeness (QED) is 0.854. The number of aryl methyl sites for hydroxylation is 2. The molecule has 2 aliphatic rings. The molecule has 1 aliphatic heterocycles. The van der Waals surface area contributed by atoms with Crippen molar-refractivity contribution in [2.45, 2.75) is 45.6 Å². The van der Waals surface area contributed by atoms with E-state index in [4.69, 9.17) is 0 Å². The first-order valence-electron chi connectivity index (χ1n) is 7.56. The van der Waals surface area contributed by atoms with Crippen LogP contribution in [0, 0.1) is 19.3 Å². The Bertz CT molecular complexity index is 530. The standard InChI is InChI=1S/C17H23NO2/c1-12-3-4-14(11-13(12)2)16(20)18-9-7-17(8-10-18)6-5-15(17)19/h3-4,11,15,19H,5-10H2,1-2H3. The maximum atomic E-state index is 12.5. The van der Waals surface area contributed by atoms with Gasteiger partial charge in [0, 0.05) is 18.7 Å². The summed E-state index contributed by atoms with van der Waals surface area (Å²) in [7, 11) is 0. The molecule has 108 valence electrons. The smallest absolute Gasteiger partial charge is 0.253 e. The van der Waals surface area contributed by atoms with Gasteiger partial charge >= 0.3 is 0 Å². The summed E-state index contributed by atoms with van der Waals surface area (Å²) in [5.74, 6) is 0.136. The normalized spacial score (nSPS) is 24.6. The largest absolute Gasteiger partial charge is 0.393 e. The number of aliphatic hydroxyl groups excluding tert-OH is 1. The maximum Gasteiger partial charge on any atom is 0.253 e. The van der Waals surface area contributed by atoms with Gasteiger partial charge in [0.15, 0.2) is 0 Å². The highest BCUT2D eigenvalue weighted by atomic mass is 16.3. The van der Waals surface area contributed by atoms with Gasteiger partial charge in [-0.15, -0.1) is 0 Å². The second-order valence-electron chi connectivity index (χ2n) is 6.51. The minimum Gasteiger partial charge on any atom is -0.393 e. The van der Waals surface area contributed by atoms with Crippen LogP contribution in [0.25, 0.3) is 0 Å². The fraction of sp³-hybridized carbons (Fsp3) is 0.588. The molecule has 0 bridgehead atoms. The van der Waals surface area contributed by atoms with E-state index in [1.807, 2.05) is 30.0 Å². The molecular weight excluding hydrogens is 250 g/mol. The molecule has 0 aromatic heterocycles. The van der Waals surface area contributed by atoms with E-state index < -0.39 is 0 Å². The van der Waals surface area contributed by atoms with Gasteiger partial charge < -0.3 is 10.0 Å². The lowest BCUT2D eigenvalue weighted by Gasteiger charge is -2.51. The van der Waals surface area contributed by atoms with Crippen LogP contribution in [0.4, 0.5) is 0 Å². The van der Waals surface area contributed by atoms with Gasteiger partial charge in [0.2, 0.25) is 0 Å². The summed E-state index contributed by atoms with van der Waals surface area (Å²) < 4.78 is 0. The Labute approximate surface area is 120 Å². The number of benzene rings is 1. The third-order valence-electron chi connectivity index (χ3n) is 5.42. The van der Waals surface area contributed by atoms with Crippen LogP contribution in [-0.4, -0.2) is 35.1 Å². The first-order chi connectivity index (χ1) is 9.52. The number of nitrogens with zero attached hydrogens (tertiary/aromatic N) is 1. The van der Waals surface area contributed by atoms with E-state index in [0.29, 0.717) is 0 Å². The average Bonchev–Trinajstić information content (AvgIpc) is 2.48. The van der Waals surface area contributed by atoms with E-state index in [1.54, 1.807) is 0 Å². The minimum atomic E-state index is -0.138. The first kappa shape index (κ1) is 13.6. The molecule has 1 aliphatic carbocycles. The summed E-state index contributed by atoms with van der Waals surface area (Å²) in [5, 5.41) is 9.93. The van der Waals surface area contributed by atoms with Gasteiger partial charge in [0.25, 0.3) is 5.91 Å². The van der Waals surface area contributed by atoms with Gasteiger partial charge in [-0.25, -0.2) is 0 Å². The van der Waals surface area contributed by atoms with Crippen LogP contribution < -0.4 is 0 Å². The molecule has 0 radical (unpaired) electrons. The van der Waals surface area contributed by atoms with E-state index in [9.17, 15) is 9.90 Å². The predicted octanol–water partition coefficient (Wildman–Crippen LogP) is 2.68. The highest BCUT2D eigenvalue weighted by Gasteiger charge is 2.47. The van der Waals surface area contributed by atoms with Gasteiger partial charge in [0.1, 0.15) is 0 Å². The Morgan fingerprint density at radius 1 is 1.20 bits per heavy atom. The van der Waals surface area contributed by atoms with Crippen molar-refractivity contribution in [3.8, 4) is 0 Å². The molecule has 1 N–H and O–H groups in total. The number of hydrogen-bond donors (Lipinski definition) is 1. The highest BCUT2D eigenvalue weighted by Crippen LogP contribution is 2.49. The lowest BCUT2D eigenvalue weighted by Crippen LogP contribution is -2.53. The van der Waals surface area contributed by atoms with Crippen molar-refractivity contribution in [1.82, 2.24) is 4.90 Å². The molecule has 1 aromatic carbocycles. The van der Waals surface area contributed by atoms with E-state index in [-0.39, 0.29) is 17.4 Å². The van der Waals surface area contributed by atoms with Gasteiger partial charge in [-0.1, -0.05) is 6.07 Å². The van der Waals surface area contributed by atoms with Crippen LogP contribution in [0.5, 0.6) is 0 Å². The van der Waals surface area contributed by atoms with Crippen molar-refractivity contribution < 1.29 is 9.90 Å². The number of piperidine rings is 1. The van der Waals surface area contributed by atoms with E-state index >= 15 is 0 Å². The molecule has 3 nitrogen and oxygen atoms in total. The van der Waals surface area contributed by atoms with Gasteiger partial charge in [0.05, 0.1) is 6.10 Å². The first-order valence-corrected chi connectivity index (χ1v) is 7.56. The zero-order chi connectivity index (χ0) is 14.3. The summed E-state index contributed by atoms with van der Waals surface area (Å²) in [6.45, 7) is 5.67. The number of likely N-dealkylation sites (tertiary alicyclic amines) is 1. The van der Waals surface area contributed by atoms with Crippen molar-refractivity contribution in [3.05, 3.63) is 34.9 Å². The third kappa shape index (κ3) is 2.14. The van der Waals surface area contributed by atoms with Crippen molar-refractivity contribution >= 4 is 5.91 Å². The van der Waals surface area contributed by atoms with Crippen molar-refractivity contribution in [2.75, 3.05) is 13.1 Å². The van der Waals surface area contributed by atoms with Crippen LogP contribution in [0.2, 0.25) is 0 Å². The summed E-state index contributed by atoms with van der Waals surface area (Å²) >= 11 is 0. The molecule has 3 heteroatoms. The number of rotatable bonds is 1. The lowest BCUT2D eigenvalue weighted by molar-refractivity contribution is -0.0952. The topological polar surface area (TPSA) is 40.5 Å². The molecule has 1 aromatic rings. The summed E-state index contributed by atoms with van der Waals surface area (Å²) in [4.78, 5) is 14.5. The van der Waals surface area contributed by atoms with Crippen LogP contribution >= 0.6 is 0 Å². The fourth-order valence-electron chi connectivity index (χ4n) is 3.48. The number of hydrogen-bond acceptors (Lipinski definition) is 2. The number of aliphatic hydroxyl groups is 1. The summed E-state index contributed by atoms with van der Waals surface area (Å²) in [6, 6.07) is 5.93. The van der Waals surface area contributed by atoms with E-state index in [1.165, 1.54) is 11.1 Å². The molecule has 3 rings (SSSR count). The van der Waals surface area contributed by atoms with Crippen molar-refractivity contribution in [1.29, 1.82) is 0 Å². The molecule has 1 heterocycles. The zero-order valence-electron chi connectivity index (χ0n) is 12.4. The Balaban J connectivity index is 1.68. The van der Waals surface area contributed by atoms with Crippen LogP contribution in [0.15, 0.2) is 18.2 Å². The molecule has 20 heavy (non-hydrogen) atoms. The second-order valence-corrected chi connectivity index (χ2v) is 6.51. The Kier molecular flexibility index (Phi) is 3.33. The average molecular weight is 273 g/mol. The molecular formula is C17H23NO2. The highest BCUT2D eigenvalue weighted by molar-refractivity contribution is 5.94. The second kappa shape index (κ2) is 4.88. The molecule has 2 fully saturated rings. The number of carbonyl (C=O) groups is 1. The predicted molar refractivity (Wildman–Crippen MR) is 78.7 cm³/mol. The Morgan fingerprint density at radius 2 is 1.90 bits per heavy atom. The van der Waals surface area contributed by atoms with Gasteiger partial charge in [-0.05, 0) is 68.2 Å². The van der Waals surface area contributed by atoms with Crippen molar-refractivity contribution in [2.24, 2.45) is 5.41 Å². The van der Waals surface area contributed by atoms with E-state index in [2.05, 4.69) is 6.92 Å². The van der Waals surface area contributed by atoms with E-state index in [0.717, 1.165) is 44.3 Å². The SMILES string of the molecule is Cc1ccc(C(=O)N2CCC3(CCC3O)CC2)cc1C. The Morgan fingerprint density at radius 3 is 2.40 bits per heavy atom. The maximum absolute atomic E-state index is 12.5. The molecule has 1 atom stereocenters. The van der Waals surface area contributed by atoms with Gasteiger partial charge in [-0.3, -0.25) is 4.79 Å². The van der Waals surface area contributed by atoms with Crippen LogP contribution in [0.3, 0.4) is 0 Å². The molecule has 1 saturated heterocycles.